The molecule has 7 nitrogen and oxygen atoms in total. The van der Waals surface area contributed by atoms with Crippen molar-refractivity contribution >= 4 is 15.9 Å². The molecule has 1 amide bonds. The zero-order valence-corrected chi connectivity index (χ0v) is 23.5. The van der Waals surface area contributed by atoms with Gasteiger partial charge in [0.1, 0.15) is 0 Å². The van der Waals surface area contributed by atoms with Gasteiger partial charge in [0, 0.05) is 26.1 Å². The summed E-state index contributed by atoms with van der Waals surface area (Å²) in [6, 6.07) is 7.71. The van der Waals surface area contributed by atoms with Crippen LogP contribution < -0.4 is 10.6 Å². The number of nitrogens with zero attached hydrogens (tertiary/aromatic N) is 1. The number of benzene rings is 1. The Morgan fingerprint density at radius 3 is 2.14 bits per heavy atom. The Morgan fingerprint density at radius 1 is 1.03 bits per heavy atom. The molecule has 0 fully saturated rings. The van der Waals surface area contributed by atoms with Crippen molar-refractivity contribution in [3.63, 3.8) is 0 Å². The van der Waals surface area contributed by atoms with Crippen molar-refractivity contribution in [2.45, 2.75) is 91.7 Å². The largest absolute Gasteiger partial charge is 0.390 e. The maximum absolute atomic E-state index is 12.8. The lowest BCUT2D eigenvalue weighted by Crippen LogP contribution is -2.49. The number of hydrogen-bond acceptors (Lipinski definition) is 5. The van der Waals surface area contributed by atoms with Crippen LogP contribution in [0.1, 0.15) is 84.3 Å². The predicted octanol–water partition coefficient (Wildman–Crippen LogP) is 3.68. The lowest BCUT2D eigenvalue weighted by atomic mass is 9.97. The van der Waals surface area contributed by atoms with E-state index in [4.69, 9.17) is 0 Å². The second kappa shape index (κ2) is 16.3. The van der Waals surface area contributed by atoms with Crippen molar-refractivity contribution in [2.24, 2.45) is 5.92 Å². The van der Waals surface area contributed by atoms with E-state index in [9.17, 15) is 18.3 Å². The van der Waals surface area contributed by atoms with Gasteiger partial charge in [0.2, 0.25) is 15.9 Å². The molecule has 35 heavy (non-hydrogen) atoms. The van der Waals surface area contributed by atoms with Crippen molar-refractivity contribution in [2.75, 3.05) is 31.9 Å². The van der Waals surface area contributed by atoms with Gasteiger partial charge in [-0.25, -0.2) is 12.7 Å². The minimum absolute atomic E-state index is 0.122. The molecule has 0 unspecified atom stereocenters. The number of aliphatic hydroxyl groups excluding tert-OH is 1. The molecule has 2 atom stereocenters. The molecule has 1 aromatic carbocycles. The van der Waals surface area contributed by atoms with Gasteiger partial charge in [-0.2, -0.15) is 0 Å². The predicted molar refractivity (Wildman–Crippen MR) is 145 cm³/mol. The summed E-state index contributed by atoms with van der Waals surface area (Å²) in [5.41, 5.74) is 2.25. The van der Waals surface area contributed by atoms with E-state index in [1.807, 2.05) is 26.0 Å². The monoisotopic (exact) mass is 511 g/mol. The third kappa shape index (κ3) is 12.4. The van der Waals surface area contributed by atoms with Crippen LogP contribution in [0.4, 0.5) is 0 Å². The van der Waals surface area contributed by atoms with E-state index in [1.54, 1.807) is 0 Å². The van der Waals surface area contributed by atoms with Crippen molar-refractivity contribution in [3.05, 3.63) is 35.4 Å². The van der Waals surface area contributed by atoms with Crippen molar-refractivity contribution in [3.8, 4) is 0 Å². The Balaban J connectivity index is 2.84. The summed E-state index contributed by atoms with van der Waals surface area (Å²) >= 11 is 0. The van der Waals surface area contributed by atoms with Gasteiger partial charge in [-0.1, -0.05) is 65.8 Å². The summed E-state index contributed by atoms with van der Waals surface area (Å²) in [6.07, 6.45) is 2.04. The molecule has 0 bridgehead atoms. The van der Waals surface area contributed by atoms with Gasteiger partial charge >= 0.3 is 0 Å². The number of sulfonamides is 1. The van der Waals surface area contributed by atoms with Crippen LogP contribution in [0.25, 0.3) is 0 Å². The summed E-state index contributed by atoms with van der Waals surface area (Å²) in [7, 11) is -3.50. The third-order valence-electron chi connectivity index (χ3n) is 6.09. The average molecular weight is 512 g/mol. The normalized spacial score (nSPS) is 14.0. The lowest BCUT2D eigenvalue weighted by Gasteiger charge is -2.26. The minimum Gasteiger partial charge on any atom is -0.390 e. The molecule has 0 aromatic heterocycles. The van der Waals surface area contributed by atoms with Gasteiger partial charge in [-0.05, 0) is 55.2 Å². The Hall–Kier alpha value is -1.48. The maximum Gasteiger partial charge on any atom is 0.221 e. The highest BCUT2D eigenvalue weighted by Crippen LogP contribution is 2.16. The van der Waals surface area contributed by atoms with Gasteiger partial charge in [-0.3, -0.25) is 4.79 Å². The number of carbonyl (C=O) groups excluding carboxylic acids is 1. The van der Waals surface area contributed by atoms with E-state index in [0.29, 0.717) is 37.9 Å². The molecule has 0 saturated heterocycles. The third-order valence-corrected chi connectivity index (χ3v) is 7.96. The highest BCUT2D eigenvalue weighted by Gasteiger charge is 2.25. The van der Waals surface area contributed by atoms with E-state index in [0.717, 1.165) is 31.4 Å². The van der Waals surface area contributed by atoms with E-state index in [2.05, 4.69) is 50.5 Å². The molecule has 202 valence electrons. The van der Waals surface area contributed by atoms with Crippen LogP contribution in [0, 0.1) is 5.92 Å². The van der Waals surface area contributed by atoms with Crippen LogP contribution in [-0.2, 0) is 21.2 Å². The second-order valence-corrected chi connectivity index (χ2v) is 12.3. The molecule has 0 aliphatic heterocycles. The van der Waals surface area contributed by atoms with Crippen LogP contribution >= 0.6 is 0 Å². The van der Waals surface area contributed by atoms with Crippen LogP contribution in [0.3, 0.4) is 0 Å². The maximum atomic E-state index is 12.8. The van der Waals surface area contributed by atoms with Crippen molar-refractivity contribution < 1.29 is 18.3 Å². The van der Waals surface area contributed by atoms with Gasteiger partial charge in [0.05, 0.1) is 17.9 Å². The van der Waals surface area contributed by atoms with Gasteiger partial charge in [0.25, 0.3) is 0 Å². The van der Waals surface area contributed by atoms with Crippen molar-refractivity contribution in [1.29, 1.82) is 0 Å². The Labute approximate surface area is 214 Å². The molecule has 3 N–H and O–H groups in total. The molecule has 1 aromatic rings. The zero-order chi connectivity index (χ0) is 26.4. The molecular formula is C27H49N3O4S. The van der Waals surface area contributed by atoms with Gasteiger partial charge in [-0.15, -0.1) is 0 Å². The number of nitrogens with one attached hydrogen (secondary N) is 2. The molecule has 0 radical (unpaired) electrons. The van der Waals surface area contributed by atoms with Crippen LogP contribution in [0.2, 0.25) is 0 Å². The molecule has 0 aliphatic carbocycles. The fourth-order valence-electron chi connectivity index (χ4n) is 3.88. The summed E-state index contributed by atoms with van der Waals surface area (Å²) in [6.45, 7) is 14.6. The second-order valence-electron chi connectivity index (χ2n) is 10.2. The smallest absolute Gasteiger partial charge is 0.221 e. The van der Waals surface area contributed by atoms with E-state index < -0.39 is 22.2 Å². The highest BCUT2D eigenvalue weighted by molar-refractivity contribution is 7.89. The van der Waals surface area contributed by atoms with Gasteiger partial charge < -0.3 is 15.7 Å². The first-order valence-corrected chi connectivity index (χ1v) is 14.9. The molecule has 0 saturated carbocycles. The fourth-order valence-corrected chi connectivity index (χ4v) is 5.50. The lowest BCUT2D eigenvalue weighted by molar-refractivity contribution is -0.122. The van der Waals surface area contributed by atoms with E-state index >= 15 is 0 Å². The molecule has 1 rings (SSSR count). The quantitative estimate of drug-likeness (QED) is 0.261. The summed E-state index contributed by atoms with van der Waals surface area (Å²) in [5, 5.41) is 17.1. The first kappa shape index (κ1) is 31.5. The first-order chi connectivity index (χ1) is 16.5. The van der Waals surface area contributed by atoms with Crippen LogP contribution in [-0.4, -0.2) is 67.8 Å². The fraction of sp³-hybridized carbons (Fsp3) is 0.741. The number of amides is 1. The van der Waals surface area contributed by atoms with Crippen molar-refractivity contribution in [1.82, 2.24) is 14.9 Å². The van der Waals surface area contributed by atoms with Gasteiger partial charge in [0.15, 0.2) is 0 Å². The summed E-state index contributed by atoms with van der Waals surface area (Å²) in [4.78, 5) is 12.8. The first-order valence-electron chi connectivity index (χ1n) is 13.2. The molecule has 8 heteroatoms. The average Bonchev–Trinajstić information content (AvgIpc) is 2.80. The Morgan fingerprint density at radius 2 is 1.63 bits per heavy atom. The summed E-state index contributed by atoms with van der Waals surface area (Å²) in [5.74, 6) is 0.414. The minimum atomic E-state index is -3.50. The zero-order valence-electron chi connectivity index (χ0n) is 22.7. The number of rotatable bonds is 18. The van der Waals surface area contributed by atoms with E-state index in [-0.39, 0.29) is 18.1 Å². The van der Waals surface area contributed by atoms with E-state index in [1.165, 1.54) is 9.87 Å². The topological polar surface area (TPSA) is 98.7 Å². The van der Waals surface area contributed by atoms with Crippen LogP contribution in [0.5, 0.6) is 0 Å². The highest BCUT2D eigenvalue weighted by atomic mass is 32.2. The Kier molecular flexibility index (Phi) is 14.7. The standard InChI is InChI=1S/C27H49N3O4S/c1-7-16-30(17-8-2)35(33,34)18-14-27(32)29-25(26(31)20-28-15-13-21(3)4)19-23-9-11-24(12-10-23)22(5)6/h9-12,21-22,25-26,28,31H,7-8,13-20H2,1-6H3,(H,29,32)/t25-,26-/m0/s1. The molecule has 0 spiro atoms. The molecule has 0 heterocycles. The number of aliphatic hydroxyl groups is 1. The van der Waals surface area contributed by atoms with Crippen LogP contribution in [0.15, 0.2) is 24.3 Å². The molecular weight excluding hydrogens is 462 g/mol. The molecule has 0 aliphatic rings. The number of carbonyl (C=O) groups is 1. The SMILES string of the molecule is CCCN(CCC)S(=O)(=O)CCC(=O)N[C@@H](Cc1ccc(C(C)C)cc1)[C@@H](O)CNCCC(C)C. The summed E-state index contributed by atoms with van der Waals surface area (Å²) < 4.78 is 26.9. The number of hydrogen-bond donors (Lipinski definition) is 3. The Bertz CT molecular complexity index is 819.